The van der Waals surface area contributed by atoms with E-state index in [1.165, 1.54) is 128 Å². The average Bonchev–Trinajstić information content (AvgIpc) is 3.03. The van der Waals surface area contributed by atoms with Crippen LogP contribution in [-0.4, -0.2) is 34.9 Å². The van der Waals surface area contributed by atoms with Crippen LogP contribution >= 0.6 is 0 Å². The van der Waals surface area contributed by atoms with Crippen LogP contribution < -0.4 is 5.32 Å². The van der Waals surface area contributed by atoms with Crippen molar-refractivity contribution in [3.63, 3.8) is 0 Å². The zero-order chi connectivity index (χ0) is 32.2. The lowest BCUT2D eigenvalue weighted by molar-refractivity contribution is -0.123. The molecule has 0 saturated heterocycles. The molecular formula is C40H75NO3. The van der Waals surface area contributed by atoms with E-state index in [4.69, 9.17) is 0 Å². The van der Waals surface area contributed by atoms with Gasteiger partial charge in [-0.25, -0.2) is 0 Å². The van der Waals surface area contributed by atoms with Crippen LogP contribution in [0.25, 0.3) is 0 Å². The van der Waals surface area contributed by atoms with Crippen molar-refractivity contribution in [2.45, 2.75) is 206 Å². The lowest BCUT2D eigenvalue weighted by Gasteiger charge is -2.19. The van der Waals surface area contributed by atoms with Gasteiger partial charge in [-0.15, -0.1) is 0 Å². The molecule has 0 aromatic rings. The number of aliphatic hydroxyl groups excluding tert-OH is 2. The van der Waals surface area contributed by atoms with Crippen molar-refractivity contribution >= 4 is 5.91 Å². The van der Waals surface area contributed by atoms with Crippen molar-refractivity contribution in [3.8, 4) is 0 Å². The SMILES string of the molecule is CCCCCCCCCC/C=C/CC/C=C/C(O)C(CO)NC(=O)CCCCCCC/C=C\CCCCCCCCCCC. The molecule has 0 radical (unpaired) electrons. The predicted molar refractivity (Wildman–Crippen MR) is 193 cm³/mol. The summed E-state index contributed by atoms with van der Waals surface area (Å²) in [6, 6.07) is -0.640. The first-order valence-corrected chi connectivity index (χ1v) is 19.2. The molecule has 0 aromatic heterocycles. The number of allylic oxidation sites excluding steroid dienone is 5. The van der Waals surface area contributed by atoms with E-state index in [0.717, 1.165) is 44.9 Å². The summed E-state index contributed by atoms with van der Waals surface area (Å²) in [5.41, 5.74) is 0. The molecule has 0 bridgehead atoms. The minimum Gasteiger partial charge on any atom is -0.394 e. The molecule has 0 aromatic carbocycles. The van der Waals surface area contributed by atoms with Crippen LogP contribution in [-0.2, 0) is 4.79 Å². The topological polar surface area (TPSA) is 69.6 Å². The van der Waals surface area contributed by atoms with Gasteiger partial charge in [0.15, 0.2) is 0 Å². The summed E-state index contributed by atoms with van der Waals surface area (Å²) >= 11 is 0. The summed E-state index contributed by atoms with van der Waals surface area (Å²) in [5, 5.41) is 22.9. The zero-order valence-corrected chi connectivity index (χ0v) is 29.4. The second kappa shape index (κ2) is 36.1. The van der Waals surface area contributed by atoms with Gasteiger partial charge in [0.05, 0.1) is 18.8 Å². The number of rotatable bonds is 34. The molecule has 4 nitrogen and oxygen atoms in total. The number of unbranched alkanes of at least 4 members (excludes halogenated alkanes) is 23. The van der Waals surface area contributed by atoms with Gasteiger partial charge in [-0.2, -0.15) is 0 Å². The highest BCUT2D eigenvalue weighted by atomic mass is 16.3. The number of carbonyl (C=O) groups excluding carboxylic acids is 1. The average molecular weight is 618 g/mol. The Morgan fingerprint density at radius 1 is 0.523 bits per heavy atom. The summed E-state index contributed by atoms with van der Waals surface area (Å²) < 4.78 is 0. The van der Waals surface area contributed by atoms with Gasteiger partial charge in [0.25, 0.3) is 0 Å². The number of hydrogen-bond acceptors (Lipinski definition) is 3. The summed E-state index contributed by atoms with van der Waals surface area (Å²) in [4.78, 5) is 12.3. The molecule has 258 valence electrons. The Hall–Kier alpha value is -1.39. The Bertz CT molecular complexity index is 672. The lowest BCUT2D eigenvalue weighted by atomic mass is 10.1. The predicted octanol–water partition coefficient (Wildman–Crippen LogP) is 11.5. The van der Waals surface area contributed by atoms with Gasteiger partial charge in [0.1, 0.15) is 0 Å². The third-order valence-electron chi connectivity index (χ3n) is 8.60. The van der Waals surface area contributed by atoms with Crippen molar-refractivity contribution in [2.75, 3.05) is 6.61 Å². The molecule has 0 saturated carbocycles. The highest BCUT2D eigenvalue weighted by molar-refractivity contribution is 5.76. The quantitative estimate of drug-likeness (QED) is 0.0497. The Morgan fingerprint density at radius 3 is 1.32 bits per heavy atom. The molecule has 0 heterocycles. The number of hydrogen-bond donors (Lipinski definition) is 3. The summed E-state index contributed by atoms with van der Waals surface area (Å²) in [6.45, 7) is 4.28. The fraction of sp³-hybridized carbons (Fsp3) is 0.825. The van der Waals surface area contributed by atoms with Crippen molar-refractivity contribution in [1.82, 2.24) is 5.32 Å². The normalized spacial score (nSPS) is 13.5. The van der Waals surface area contributed by atoms with Gasteiger partial charge >= 0.3 is 0 Å². The Morgan fingerprint density at radius 2 is 0.886 bits per heavy atom. The minimum absolute atomic E-state index is 0.0835. The molecule has 2 atom stereocenters. The second-order valence-corrected chi connectivity index (χ2v) is 13.0. The van der Waals surface area contributed by atoms with Crippen LogP contribution in [0.3, 0.4) is 0 Å². The smallest absolute Gasteiger partial charge is 0.220 e. The molecule has 0 fully saturated rings. The Kier molecular flexibility index (Phi) is 34.9. The lowest BCUT2D eigenvalue weighted by Crippen LogP contribution is -2.45. The summed E-state index contributed by atoms with van der Waals surface area (Å²) in [6.07, 6.45) is 46.6. The van der Waals surface area contributed by atoms with Gasteiger partial charge in [-0.3, -0.25) is 4.79 Å². The van der Waals surface area contributed by atoms with E-state index < -0.39 is 12.1 Å². The first kappa shape index (κ1) is 42.6. The van der Waals surface area contributed by atoms with E-state index in [2.05, 4.69) is 43.5 Å². The van der Waals surface area contributed by atoms with Crippen molar-refractivity contribution < 1.29 is 15.0 Å². The second-order valence-electron chi connectivity index (χ2n) is 13.0. The third kappa shape index (κ3) is 32.0. The summed E-state index contributed by atoms with van der Waals surface area (Å²) in [5.74, 6) is -0.0835. The number of aliphatic hydroxyl groups is 2. The molecule has 0 aliphatic carbocycles. The zero-order valence-electron chi connectivity index (χ0n) is 29.4. The van der Waals surface area contributed by atoms with Gasteiger partial charge in [0, 0.05) is 6.42 Å². The number of nitrogens with one attached hydrogen (secondary N) is 1. The molecule has 0 aliphatic heterocycles. The van der Waals surface area contributed by atoms with Crippen LogP contribution in [0.5, 0.6) is 0 Å². The van der Waals surface area contributed by atoms with Crippen LogP contribution in [0.1, 0.15) is 194 Å². The Balaban J connectivity index is 3.66. The van der Waals surface area contributed by atoms with Crippen molar-refractivity contribution in [3.05, 3.63) is 36.5 Å². The molecule has 4 heteroatoms. The molecule has 0 spiro atoms. The van der Waals surface area contributed by atoms with E-state index in [0.29, 0.717) is 6.42 Å². The molecule has 3 N–H and O–H groups in total. The largest absolute Gasteiger partial charge is 0.394 e. The highest BCUT2D eigenvalue weighted by Crippen LogP contribution is 2.13. The van der Waals surface area contributed by atoms with Gasteiger partial charge in [-0.1, -0.05) is 166 Å². The van der Waals surface area contributed by atoms with Crippen LogP contribution in [0, 0.1) is 0 Å². The molecule has 1 amide bonds. The third-order valence-corrected chi connectivity index (χ3v) is 8.60. The first-order valence-electron chi connectivity index (χ1n) is 19.2. The molecular weight excluding hydrogens is 542 g/mol. The van der Waals surface area contributed by atoms with Gasteiger partial charge in [-0.05, 0) is 57.8 Å². The van der Waals surface area contributed by atoms with Gasteiger partial charge < -0.3 is 15.5 Å². The monoisotopic (exact) mass is 618 g/mol. The highest BCUT2D eigenvalue weighted by Gasteiger charge is 2.17. The van der Waals surface area contributed by atoms with Gasteiger partial charge in [0.2, 0.25) is 5.91 Å². The van der Waals surface area contributed by atoms with E-state index in [1.807, 2.05) is 6.08 Å². The fourth-order valence-corrected chi connectivity index (χ4v) is 5.60. The van der Waals surface area contributed by atoms with Crippen LogP contribution in [0.2, 0.25) is 0 Å². The minimum atomic E-state index is -0.862. The first-order chi connectivity index (χ1) is 21.7. The molecule has 0 rings (SSSR count). The molecule has 44 heavy (non-hydrogen) atoms. The van der Waals surface area contributed by atoms with E-state index in [9.17, 15) is 15.0 Å². The molecule has 2 unspecified atom stereocenters. The maximum Gasteiger partial charge on any atom is 0.220 e. The number of amides is 1. The molecule has 0 aliphatic rings. The fourth-order valence-electron chi connectivity index (χ4n) is 5.60. The number of carbonyl (C=O) groups is 1. The van der Waals surface area contributed by atoms with E-state index in [-0.39, 0.29) is 12.5 Å². The maximum absolute atomic E-state index is 12.3. The van der Waals surface area contributed by atoms with Crippen LogP contribution in [0.15, 0.2) is 36.5 Å². The maximum atomic E-state index is 12.3. The Labute approximate surface area is 274 Å². The van der Waals surface area contributed by atoms with E-state index >= 15 is 0 Å². The van der Waals surface area contributed by atoms with Crippen molar-refractivity contribution in [2.24, 2.45) is 0 Å². The van der Waals surface area contributed by atoms with E-state index in [1.54, 1.807) is 6.08 Å². The summed E-state index contributed by atoms with van der Waals surface area (Å²) in [7, 11) is 0. The van der Waals surface area contributed by atoms with Crippen molar-refractivity contribution in [1.29, 1.82) is 0 Å². The van der Waals surface area contributed by atoms with Crippen LogP contribution in [0.4, 0.5) is 0 Å². The standard InChI is InChI=1S/C40H75NO3/c1-3-5-7-9-11-13-15-17-19-20-21-22-24-26-28-30-32-34-36-40(44)41-38(37-42)39(43)35-33-31-29-27-25-23-18-16-14-12-10-8-6-4-2/h21-22,25,27,33,35,38-39,42-43H,3-20,23-24,26,28-32,34,36-37H2,1-2H3,(H,41,44)/b22-21-,27-25+,35-33+.